The fourth-order valence-corrected chi connectivity index (χ4v) is 2.78. The Balaban J connectivity index is 1.74. The predicted octanol–water partition coefficient (Wildman–Crippen LogP) is 2.82. The van der Waals surface area contributed by atoms with Gasteiger partial charge in [0.1, 0.15) is 0 Å². The maximum Gasteiger partial charge on any atom is 0.00458 e. The SMILES string of the molecule is CCN(CC1CCC1)CC1(CS)CC1. The van der Waals surface area contributed by atoms with Gasteiger partial charge >= 0.3 is 0 Å². The molecule has 2 rings (SSSR count). The molecule has 0 amide bonds. The van der Waals surface area contributed by atoms with Gasteiger partial charge in [0.2, 0.25) is 0 Å². The van der Waals surface area contributed by atoms with E-state index in [4.69, 9.17) is 0 Å². The summed E-state index contributed by atoms with van der Waals surface area (Å²) < 4.78 is 0. The molecule has 0 aliphatic heterocycles. The van der Waals surface area contributed by atoms with Crippen molar-refractivity contribution in [3.05, 3.63) is 0 Å². The lowest BCUT2D eigenvalue weighted by atomic mass is 9.85. The molecular weight excluding hydrogens is 190 g/mol. The minimum Gasteiger partial charge on any atom is -0.303 e. The summed E-state index contributed by atoms with van der Waals surface area (Å²) in [6.07, 6.45) is 7.25. The number of hydrogen-bond acceptors (Lipinski definition) is 2. The molecule has 0 heterocycles. The van der Waals surface area contributed by atoms with Gasteiger partial charge in [-0.05, 0) is 49.3 Å². The first-order chi connectivity index (χ1) is 6.78. The summed E-state index contributed by atoms with van der Waals surface area (Å²) in [6, 6.07) is 0. The van der Waals surface area contributed by atoms with E-state index in [-0.39, 0.29) is 0 Å². The Morgan fingerprint density at radius 3 is 2.43 bits per heavy atom. The molecule has 0 N–H and O–H groups in total. The molecule has 2 heteroatoms. The molecular formula is C12H23NS. The van der Waals surface area contributed by atoms with Crippen molar-refractivity contribution in [1.29, 1.82) is 0 Å². The molecule has 2 saturated carbocycles. The molecule has 82 valence electrons. The molecule has 2 aliphatic rings. The normalized spacial score (nSPS) is 25.1. The van der Waals surface area contributed by atoms with Crippen LogP contribution in [0, 0.1) is 11.3 Å². The van der Waals surface area contributed by atoms with E-state index >= 15 is 0 Å². The molecule has 0 radical (unpaired) electrons. The van der Waals surface area contributed by atoms with Crippen LogP contribution in [0.25, 0.3) is 0 Å². The first-order valence-electron chi connectivity index (χ1n) is 6.11. The zero-order chi connectivity index (χ0) is 10.0. The fourth-order valence-electron chi connectivity index (χ4n) is 2.36. The van der Waals surface area contributed by atoms with Crippen molar-refractivity contribution >= 4 is 12.6 Å². The van der Waals surface area contributed by atoms with Gasteiger partial charge in [0.05, 0.1) is 0 Å². The third kappa shape index (κ3) is 2.46. The number of nitrogens with zero attached hydrogens (tertiary/aromatic N) is 1. The van der Waals surface area contributed by atoms with Crippen LogP contribution in [0.2, 0.25) is 0 Å². The van der Waals surface area contributed by atoms with Gasteiger partial charge in [-0.15, -0.1) is 0 Å². The molecule has 2 aliphatic carbocycles. The van der Waals surface area contributed by atoms with E-state index in [0.29, 0.717) is 5.41 Å². The highest BCUT2D eigenvalue weighted by atomic mass is 32.1. The minimum absolute atomic E-state index is 0.614. The summed E-state index contributed by atoms with van der Waals surface area (Å²) in [5.41, 5.74) is 0.614. The molecule has 0 atom stereocenters. The first kappa shape index (κ1) is 10.8. The van der Waals surface area contributed by atoms with Gasteiger partial charge < -0.3 is 4.90 Å². The van der Waals surface area contributed by atoms with Crippen LogP contribution in [-0.2, 0) is 0 Å². The standard InChI is InChI=1S/C12H23NS/c1-2-13(8-11-4-3-5-11)9-12(10-14)6-7-12/h11,14H,2-10H2,1H3. The maximum atomic E-state index is 4.48. The largest absolute Gasteiger partial charge is 0.303 e. The molecule has 0 saturated heterocycles. The van der Waals surface area contributed by atoms with Gasteiger partial charge in [0.15, 0.2) is 0 Å². The van der Waals surface area contributed by atoms with Crippen LogP contribution < -0.4 is 0 Å². The van der Waals surface area contributed by atoms with Crippen molar-refractivity contribution in [2.75, 3.05) is 25.4 Å². The summed E-state index contributed by atoms with van der Waals surface area (Å²) >= 11 is 4.48. The summed E-state index contributed by atoms with van der Waals surface area (Å²) in [5.74, 6) is 2.11. The van der Waals surface area contributed by atoms with Crippen molar-refractivity contribution < 1.29 is 0 Å². The second-order valence-corrected chi connectivity index (χ2v) is 5.60. The molecule has 0 aromatic rings. The van der Waals surface area contributed by atoms with E-state index in [0.717, 1.165) is 11.7 Å². The Hall–Kier alpha value is 0.310. The highest BCUT2D eigenvalue weighted by Crippen LogP contribution is 2.47. The van der Waals surface area contributed by atoms with Gasteiger partial charge in [-0.3, -0.25) is 0 Å². The highest BCUT2D eigenvalue weighted by molar-refractivity contribution is 7.80. The van der Waals surface area contributed by atoms with Gasteiger partial charge in [0.25, 0.3) is 0 Å². The van der Waals surface area contributed by atoms with E-state index in [1.165, 1.54) is 51.7 Å². The molecule has 0 bridgehead atoms. The zero-order valence-corrected chi connectivity index (χ0v) is 10.2. The van der Waals surface area contributed by atoms with Crippen LogP contribution in [0.15, 0.2) is 0 Å². The van der Waals surface area contributed by atoms with E-state index in [9.17, 15) is 0 Å². The van der Waals surface area contributed by atoms with Crippen LogP contribution in [0.4, 0.5) is 0 Å². The van der Waals surface area contributed by atoms with E-state index < -0.39 is 0 Å². The third-order valence-corrected chi connectivity index (χ3v) is 4.71. The molecule has 0 spiro atoms. The minimum atomic E-state index is 0.614. The lowest BCUT2D eigenvalue weighted by Crippen LogP contribution is -2.37. The van der Waals surface area contributed by atoms with Gasteiger partial charge in [-0.1, -0.05) is 13.3 Å². The number of thiol groups is 1. The van der Waals surface area contributed by atoms with Crippen LogP contribution in [0.1, 0.15) is 39.0 Å². The predicted molar refractivity (Wildman–Crippen MR) is 65.0 cm³/mol. The fraction of sp³-hybridized carbons (Fsp3) is 1.00. The Kier molecular flexibility index (Phi) is 3.43. The van der Waals surface area contributed by atoms with Gasteiger partial charge in [-0.2, -0.15) is 12.6 Å². The van der Waals surface area contributed by atoms with Crippen LogP contribution >= 0.6 is 12.6 Å². The quantitative estimate of drug-likeness (QED) is 0.664. The van der Waals surface area contributed by atoms with Crippen LogP contribution in [0.5, 0.6) is 0 Å². The van der Waals surface area contributed by atoms with Crippen molar-refractivity contribution in [2.45, 2.75) is 39.0 Å². The van der Waals surface area contributed by atoms with Gasteiger partial charge in [0, 0.05) is 13.1 Å². The number of hydrogen-bond donors (Lipinski definition) is 1. The molecule has 1 nitrogen and oxygen atoms in total. The summed E-state index contributed by atoms with van der Waals surface area (Å²) in [7, 11) is 0. The first-order valence-corrected chi connectivity index (χ1v) is 6.74. The molecule has 0 unspecified atom stereocenters. The highest BCUT2D eigenvalue weighted by Gasteiger charge is 2.42. The summed E-state index contributed by atoms with van der Waals surface area (Å²) in [6.45, 7) is 6.19. The lowest BCUT2D eigenvalue weighted by Gasteiger charge is -2.33. The Labute approximate surface area is 93.7 Å². The summed E-state index contributed by atoms with van der Waals surface area (Å²) in [5, 5.41) is 0. The van der Waals surface area contributed by atoms with E-state index in [2.05, 4.69) is 24.5 Å². The monoisotopic (exact) mass is 213 g/mol. The Morgan fingerprint density at radius 2 is 2.07 bits per heavy atom. The molecule has 0 aromatic carbocycles. The van der Waals surface area contributed by atoms with Crippen LogP contribution in [0.3, 0.4) is 0 Å². The lowest BCUT2D eigenvalue weighted by molar-refractivity contribution is 0.163. The van der Waals surface area contributed by atoms with E-state index in [1.807, 2.05) is 0 Å². The molecule has 0 aromatic heterocycles. The average molecular weight is 213 g/mol. The Morgan fingerprint density at radius 1 is 1.36 bits per heavy atom. The summed E-state index contributed by atoms with van der Waals surface area (Å²) in [4.78, 5) is 2.66. The smallest absolute Gasteiger partial charge is 0.00458 e. The second-order valence-electron chi connectivity index (χ2n) is 5.28. The number of rotatable bonds is 6. The van der Waals surface area contributed by atoms with E-state index in [1.54, 1.807) is 0 Å². The average Bonchev–Trinajstić information content (AvgIpc) is 2.90. The molecule has 2 fully saturated rings. The maximum absolute atomic E-state index is 4.48. The molecule has 14 heavy (non-hydrogen) atoms. The van der Waals surface area contributed by atoms with Crippen molar-refractivity contribution in [3.63, 3.8) is 0 Å². The van der Waals surface area contributed by atoms with Crippen molar-refractivity contribution in [1.82, 2.24) is 4.90 Å². The second kappa shape index (κ2) is 4.44. The zero-order valence-electron chi connectivity index (χ0n) is 9.34. The van der Waals surface area contributed by atoms with Crippen molar-refractivity contribution in [2.24, 2.45) is 11.3 Å². The van der Waals surface area contributed by atoms with Gasteiger partial charge in [-0.25, -0.2) is 0 Å². The topological polar surface area (TPSA) is 3.24 Å². The van der Waals surface area contributed by atoms with Crippen LogP contribution in [-0.4, -0.2) is 30.3 Å². The Bertz CT molecular complexity index is 185. The third-order valence-electron chi connectivity index (χ3n) is 4.04. The van der Waals surface area contributed by atoms with Crippen molar-refractivity contribution in [3.8, 4) is 0 Å².